The number of nitrogens with zero attached hydrogens (tertiary/aromatic N) is 2. The molecular weight excluding hydrogens is 190 g/mol. The molecule has 0 saturated carbocycles. The minimum absolute atomic E-state index is 0.0471. The van der Waals surface area contributed by atoms with Gasteiger partial charge in [0.15, 0.2) is 0 Å². The smallest absolute Gasteiger partial charge is 0.226 e. The van der Waals surface area contributed by atoms with Crippen LogP contribution in [-0.4, -0.2) is 56.0 Å². The number of carbonyl (C=O) groups excluding carboxylic acids is 1. The summed E-state index contributed by atoms with van der Waals surface area (Å²) in [5, 5.41) is 0. The number of rotatable bonds is 4. The SMILES string of the molecule is CC(CN)C(=O)N(C)CC1CCN(C)C1. The Balaban J connectivity index is 2.35. The summed E-state index contributed by atoms with van der Waals surface area (Å²) in [6, 6.07) is 0. The van der Waals surface area contributed by atoms with Crippen LogP contribution in [0, 0.1) is 11.8 Å². The molecule has 1 amide bonds. The van der Waals surface area contributed by atoms with E-state index in [0.717, 1.165) is 19.6 Å². The maximum atomic E-state index is 11.8. The molecule has 0 bridgehead atoms. The normalized spacial score (nSPS) is 24.1. The summed E-state index contributed by atoms with van der Waals surface area (Å²) in [6.07, 6.45) is 1.20. The fourth-order valence-corrected chi connectivity index (χ4v) is 2.13. The molecule has 1 saturated heterocycles. The summed E-state index contributed by atoms with van der Waals surface area (Å²) in [5.41, 5.74) is 5.49. The van der Waals surface area contributed by atoms with Crippen molar-refractivity contribution in [2.45, 2.75) is 13.3 Å². The fourth-order valence-electron chi connectivity index (χ4n) is 2.13. The highest BCUT2D eigenvalue weighted by molar-refractivity contribution is 5.78. The molecule has 4 nitrogen and oxygen atoms in total. The van der Waals surface area contributed by atoms with E-state index in [1.54, 1.807) is 0 Å². The van der Waals surface area contributed by atoms with Crippen LogP contribution in [0.15, 0.2) is 0 Å². The van der Waals surface area contributed by atoms with Crippen LogP contribution >= 0.6 is 0 Å². The van der Waals surface area contributed by atoms with Gasteiger partial charge in [-0.3, -0.25) is 4.79 Å². The van der Waals surface area contributed by atoms with Crippen molar-refractivity contribution in [3.8, 4) is 0 Å². The lowest BCUT2D eigenvalue weighted by Crippen LogP contribution is -2.38. The number of amides is 1. The average Bonchev–Trinajstić information content (AvgIpc) is 2.61. The van der Waals surface area contributed by atoms with Crippen LogP contribution in [0.2, 0.25) is 0 Å². The van der Waals surface area contributed by atoms with Gasteiger partial charge in [0.1, 0.15) is 0 Å². The summed E-state index contributed by atoms with van der Waals surface area (Å²) < 4.78 is 0. The van der Waals surface area contributed by atoms with Crippen LogP contribution in [-0.2, 0) is 4.79 Å². The molecule has 2 unspecified atom stereocenters. The van der Waals surface area contributed by atoms with Crippen LogP contribution < -0.4 is 5.73 Å². The van der Waals surface area contributed by atoms with Gasteiger partial charge < -0.3 is 15.5 Å². The Kier molecular flexibility index (Phi) is 4.54. The molecule has 1 aliphatic rings. The van der Waals surface area contributed by atoms with E-state index in [0.29, 0.717) is 12.5 Å². The Morgan fingerprint density at radius 2 is 2.33 bits per heavy atom. The monoisotopic (exact) mass is 213 g/mol. The van der Waals surface area contributed by atoms with Gasteiger partial charge >= 0.3 is 0 Å². The highest BCUT2D eigenvalue weighted by Crippen LogP contribution is 2.15. The van der Waals surface area contributed by atoms with Gasteiger partial charge in [-0.1, -0.05) is 6.92 Å². The Morgan fingerprint density at radius 1 is 1.67 bits per heavy atom. The number of hydrogen-bond acceptors (Lipinski definition) is 3. The quantitative estimate of drug-likeness (QED) is 0.714. The lowest BCUT2D eigenvalue weighted by Gasteiger charge is -2.23. The van der Waals surface area contributed by atoms with Crippen molar-refractivity contribution in [1.82, 2.24) is 9.80 Å². The molecule has 15 heavy (non-hydrogen) atoms. The van der Waals surface area contributed by atoms with Crippen molar-refractivity contribution in [2.75, 3.05) is 40.3 Å². The first-order valence-corrected chi connectivity index (χ1v) is 5.68. The number of nitrogens with two attached hydrogens (primary N) is 1. The van der Waals surface area contributed by atoms with Crippen LogP contribution in [0.1, 0.15) is 13.3 Å². The van der Waals surface area contributed by atoms with E-state index in [9.17, 15) is 4.79 Å². The highest BCUT2D eigenvalue weighted by Gasteiger charge is 2.24. The molecule has 1 aliphatic heterocycles. The minimum Gasteiger partial charge on any atom is -0.345 e. The van der Waals surface area contributed by atoms with Gasteiger partial charge in [0.25, 0.3) is 0 Å². The standard InChI is InChI=1S/C11H23N3O/c1-9(6-12)11(15)14(3)8-10-4-5-13(2)7-10/h9-10H,4-8,12H2,1-3H3. The second-order valence-corrected chi connectivity index (χ2v) is 4.77. The minimum atomic E-state index is -0.0471. The maximum Gasteiger partial charge on any atom is 0.226 e. The molecule has 1 rings (SSSR count). The number of hydrogen-bond donors (Lipinski definition) is 1. The molecule has 0 aliphatic carbocycles. The largest absolute Gasteiger partial charge is 0.345 e. The summed E-state index contributed by atoms with van der Waals surface area (Å²) in [5.74, 6) is 0.759. The summed E-state index contributed by atoms with van der Waals surface area (Å²) >= 11 is 0. The molecule has 2 N–H and O–H groups in total. The third-order valence-corrected chi connectivity index (χ3v) is 3.17. The summed E-state index contributed by atoms with van der Waals surface area (Å²) in [7, 11) is 4.01. The van der Waals surface area contributed by atoms with Crippen molar-refractivity contribution < 1.29 is 4.79 Å². The zero-order valence-corrected chi connectivity index (χ0v) is 10.1. The zero-order valence-electron chi connectivity index (χ0n) is 10.1. The third kappa shape index (κ3) is 3.47. The lowest BCUT2D eigenvalue weighted by atomic mass is 10.1. The molecule has 88 valence electrons. The predicted molar refractivity (Wildman–Crippen MR) is 61.5 cm³/mol. The number of likely N-dealkylation sites (tertiary alicyclic amines) is 1. The zero-order chi connectivity index (χ0) is 11.4. The molecule has 0 aromatic carbocycles. The van der Waals surface area contributed by atoms with E-state index in [4.69, 9.17) is 5.73 Å². The van der Waals surface area contributed by atoms with Crippen LogP contribution in [0.5, 0.6) is 0 Å². The Bertz CT molecular complexity index is 220. The molecule has 0 aromatic rings. The van der Waals surface area contributed by atoms with Crippen molar-refractivity contribution >= 4 is 5.91 Å². The van der Waals surface area contributed by atoms with E-state index in [1.165, 1.54) is 6.42 Å². The van der Waals surface area contributed by atoms with Gasteiger partial charge in [-0.25, -0.2) is 0 Å². The summed E-state index contributed by atoms with van der Waals surface area (Å²) in [6.45, 7) is 5.45. The van der Waals surface area contributed by atoms with Gasteiger partial charge in [0.05, 0.1) is 0 Å². The van der Waals surface area contributed by atoms with Gasteiger partial charge in [0, 0.05) is 32.6 Å². The van der Waals surface area contributed by atoms with Crippen molar-refractivity contribution in [2.24, 2.45) is 17.6 Å². The van der Waals surface area contributed by atoms with E-state index < -0.39 is 0 Å². The average molecular weight is 213 g/mol. The fraction of sp³-hybridized carbons (Fsp3) is 0.909. The molecule has 1 heterocycles. The van der Waals surface area contributed by atoms with Crippen molar-refractivity contribution in [3.05, 3.63) is 0 Å². The molecule has 4 heteroatoms. The van der Waals surface area contributed by atoms with E-state index in [-0.39, 0.29) is 11.8 Å². The molecule has 1 fully saturated rings. The van der Waals surface area contributed by atoms with Crippen LogP contribution in [0.3, 0.4) is 0 Å². The van der Waals surface area contributed by atoms with E-state index in [1.807, 2.05) is 18.9 Å². The molecular formula is C11H23N3O. The Hall–Kier alpha value is -0.610. The predicted octanol–water partition coefficient (Wildman–Crippen LogP) is -0.00870. The molecule has 2 atom stereocenters. The Labute approximate surface area is 92.4 Å². The molecule has 0 spiro atoms. The van der Waals surface area contributed by atoms with Crippen molar-refractivity contribution in [1.29, 1.82) is 0 Å². The summed E-state index contributed by atoms with van der Waals surface area (Å²) in [4.78, 5) is 15.9. The van der Waals surface area contributed by atoms with Gasteiger partial charge in [-0.2, -0.15) is 0 Å². The van der Waals surface area contributed by atoms with E-state index in [2.05, 4.69) is 11.9 Å². The molecule has 0 aromatic heterocycles. The van der Waals surface area contributed by atoms with Crippen molar-refractivity contribution in [3.63, 3.8) is 0 Å². The lowest BCUT2D eigenvalue weighted by molar-refractivity contribution is -0.133. The maximum absolute atomic E-state index is 11.8. The topological polar surface area (TPSA) is 49.6 Å². The second kappa shape index (κ2) is 5.47. The molecule has 0 radical (unpaired) electrons. The Morgan fingerprint density at radius 3 is 2.80 bits per heavy atom. The van der Waals surface area contributed by atoms with E-state index >= 15 is 0 Å². The van der Waals surface area contributed by atoms with Gasteiger partial charge in [-0.05, 0) is 25.9 Å². The van der Waals surface area contributed by atoms with Gasteiger partial charge in [-0.15, -0.1) is 0 Å². The third-order valence-electron chi connectivity index (χ3n) is 3.17. The second-order valence-electron chi connectivity index (χ2n) is 4.77. The highest BCUT2D eigenvalue weighted by atomic mass is 16.2. The first-order valence-electron chi connectivity index (χ1n) is 5.68. The first-order chi connectivity index (χ1) is 7.04. The number of carbonyl (C=O) groups is 1. The van der Waals surface area contributed by atoms with Crippen LogP contribution in [0.4, 0.5) is 0 Å². The van der Waals surface area contributed by atoms with Gasteiger partial charge in [0.2, 0.25) is 5.91 Å². The van der Waals surface area contributed by atoms with Crippen LogP contribution in [0.25, 0.3) is 0 Å². The first kappa shape index (κ1) is 12.5.